The molecule has 0 radical (unpaired) electrons. The SMILES string of the molecule is C[C@@H]1Cc2c([nH]c3ccccc23)[C@@H](c2ccc(NC3CNC3)cn2)N1C12CC(C1)C2. The lowest BCUT2D eigenvalue weighted by Crippen LogP contribution is -2.71. The van der Waals surface area contributed by atoms with Gasteiger partial charge in [-0.25, -0.2) is 0 Å². The van der Waals surface area contributed by atoms with E-state index >= 15 is 0 Å². The molecule has 1 saturated heterocycles. The lowest BCUT2D eigenvalue weighted by atomic mass is 9.48. The molecule has 5 aliphatic rings. The van der Waals surface area contributed by atoms with Gasteiger partial charge in [-0.05, 0) is 62.3 Å². The summed E-state index contributed by atoms with van der Waals surface area (Å²) in [4.78, 5) is 11.7. The van der Waals surface area contributed by atoms with Crippen molar-refractivity contribution in [3.05, 3.63) is 59.5 Å². The number of aromatic amines is 1. The second kappa shape index (κ2) is 6.08. The third-order valence-electron chi connectivity index (χ3n) is 8.15. The summed E-state index contributed by atoms with van der Waals surface area (Å²) in [7, 11) is 0. The Morgan fingerprint density at radius 1 is 1.10 bits per heavy atom. The lowest BCUT2D eigenvalue weighted by Gasteiger charge is -2.69. The predicted molar refractivity (Wildman–Crippen MR) is 120 cm³/mol. The molecule has 0 spiro atoms. The molecule has 5 heteroatoms. The summed E-state index contributed by atoms with van der Waals surface area (Å²) < 4.78 is 0. The molecule has 4 heterocycles. The number of hydrogen-bond donors (Lipinski definition) is 3. The summed E-state index contributed by atoms with van der Waals surface area (Å²) in [6.45, 7) is 4.51. The quantitative estimate of drug-likeness (QED) is 0.624. The van der Waals surface area contributed by atoms with Gasteiger partial charge in [-0.2, -0.15) is 0 Å². The maximum atomic E-state index is 5.01. The third-order valence-corrected chi connectivity index (χ3v) is 8.15. The van der Waals surface area contributed by atoms with Crippen LogP contribution in [0.5, 0.6) is 0 Å². The van der Waals surface area contributed by atoms with Crippen LogP contribution in [-0.2, 0) is 6.42 Å². The molecular weight excluding hydrogens is 370 g/mol. The summed E-state index contributed by atoms with van der Waals surface area (Å²) in [5.41, 5.74) is 6.83. The summed E-state index contributed by atoms with van der Waals surface area (Å²) in [6.07, 6.45) is 7.28. The minimum absolute atomic E-state index is 0.219. The Morgan fingerprint density at radius 2 is 1.93 bits per heavy atom. The van der Waals surface area contributed by atoms with Crippen LogP contribution in [0.2, 0.25) is 0 Å². The number of aromatic nitrogens is 2. The molecule has 2 bridgehead atoms. The van der Waals surface area contributed by atoms with Crippen molar-refractivity contribution in [2.75, 3.05) is 18.4 Å². The van der Waals surface area contributed by atoms with E-state index in [-0.39, 0.29) is 6.04 Å². The smallest absolute Gasteiger partial charge is 0.0937 e. The molecule has 4 fully saturated rings. The Kier molecular flexibility index (Phi) is 3.51. The highest BCUT2D eigenvalue weighted by Crippen LogP contribution is 2.64. The van der Waals surface area contributed by atoms with Crippen molar-refractivity contribution in [1.82, 2.24) is 20.2 Å². The second-order valence-electron chi connectivity index (χ2n) is 10.1. The first-order valence-corrected chi connectivity index (χ1v) is 11.5. The van der Waals surface area contributed by atoms with E-state index in [0.29, 0.717) is 17.6 Å². The summed E-state index contributed by atoms with van der Waals surface area (Å²) in [5.74, 6) is 0.970. The van der Waals surface area contributed by atoms with Gasteiger partial charge in [0, 0.05) is 41.3 Å². The molecule has 2 atom stereocenters. The number of H-pyrrole nitrogens is 1. The van der Waals surface area contributed by atoms with Gasteiger partial charge in [-0.15, -0.1) is 0 Å². The largest absolute Gasteiger partial charge is 0.379 e. The van der Waals surface area contributed by atoms with Crippen molar-refractivity contribution >= 4 is 16.6 Å². The topological polar surface area (TPSA) is 56.0 Å². The molecule has 1 aromatic carbocycles. The normalized spacial score (nSPS) is 32.8. The molecule has 3 saturated carbocycles. The molecule has 3 N–H and O–H groups in total. The minimum atomic E-state index is 0.219. The number of benzene rings is 1. The van der Waals surface area contributed by atoms with E-state index in [9.17, 15) is 0 Å². The molecule has 2 aromatic heterocycles. The van der Waals surface area contributed by atoms with Gasteiger partial charge in [-0.3, -0.25) is 9.88 Å². The van der Waals surface area contributed by atoms with E-state index in [2.05, 4.69) is 63.8 Å². The molecule has 3 aromatic rings. The van der Waals surface area contributed by atoms with Crippen LogP contribution in [-0.4, -0.2) is 45.6 Å². The van der Waals surface area contributed by atoms with Crippen LogP contribution < -0.4 is 10.6 Å². The van der Waals surface area contributed by atoms with Crippen LogP contribution in [0.15, 0.2) is 42.6 Å². The van der Waals surface area contributed by atoms with Gasteiger partial charge in [0.25, 0.3) is 0 Å². The monoisotopic (exact) mass is 399 g/mol. The summed E-state index contributed by atoms with van der Waals surface area (Å²) in [5, 5.41) is 8.29. The lowest BCUT2D eigenvalue weighted by molar-refractivity contribution is -0.174. The Bertz CT molecular complexity index is 1100. The van der Waals surface area contributed by atoms with Crippen molar-refractivity contribution in [2.45, 2.75) is 56.3 Å². The van der Waals surface area contributed by atoms with Crippen molar-refractivity contribution in [1.29, 1.82) is 0 Å². The fourth-order valence-electron chi connectivity index (χ4n) is 6.52. The molecular formula is C25H29N5. The van der Waals surface area contributed by atoms with E-state index in [4.69, 9.17) is 4.98 Å². The van der Waals surface area contributed by atoms with Gasteiger partial charge in [0.15, 0.2) is 0 Å². The highest BCUT2D eigenvalue weighted by molar-refractivity contribution is 5.85. The predicted octanol–water partition coefficient (Wildman–Crippen LogP) is 3.84. The molecule has 2 aliphatic heterocycles. The molecule has 30 heavy (non-hydrogen) atoms. The first-order chi connectivity index (χ1) is 14.7. The fraction of sp³-hybridized carbons (Fsp3) is 0.480. The standard InChI is InChI=1S/C25H29N5/c1-15-8-20-19-4-2-3-5-21(19)29-23(20)24(30(15)25-9-16(10-25)11-25)22-7-6-17(14-27-22)28-18-12-26-13-18/h2-7,14-16,18,24,26,28-29H,8-13H2,1H3/t15-,16?,24-,25?/m1/s1. The zero-order chi connectivity index (χ0) is 19.9. The van der Waals surface area contributed by atoms with E-state index in [1.807, 2.05) is 6.20 Å². The average molecular weight is 400 g/mol. The Balaban J connectivity index is 1.33. The van der Waals surface area contributed by atoms with Crippen LogP contribution in [0.25, 0.3) is 10.9 Å². The second-order valence-corrected chi connectivity index (χ2v) is 10.1. The van der Waals surface area contributed by atoms with Gasteiger partial charge >= 0.3 is 0 Å². The van der Waals surface area contributed by atoms with Crippen molar-refractivity contribution in [3.63, 3.8) is 0 Å². The highest BCUT2D eigenvalue weighted by Gasteiger charge is 2.63. The van der Waals surface area contributed by atoms with Crippen LogP contribution in [0, 0.1) is 5.92 Å². The van der Waals surface area contributed by atoms with Crippen molar-refractivity contribution in [2.24, 2.45) is 5.92 Å². The fourth-order valence-corrected chi connectivity index (χ4v) is 6.52. The summed E-state index contributed by atoms with van der Waals surface area (Å²) in [6, 6.07) is 14.6. The van der Waals surface area contributed by atoms with E-state index in [1.54, 1.807) is 0 Å². The van der Waals surface area contributed by atoms with Crippen LogP contribution in [0.3, 0.4) is 0 Å². The van der Waals surface area contributed by atoms with Gasteiger partial charge in [0.1, 0.15) is 0 Å². The average Bonchev–Trinajstić information content (AvgIpc) is 3.02. The maximum Gasteiger partial charge on any atom is 0.0937 e. The molecule has 0 amide bonds. The molecule has 5 nitrogen and oxygen atoms in total. The number of para-hydroxylation sites is 1. The Labute approximate surface area is 177 Å². The number of rotatable bonds is 4. The minimum Gasteiger partial charge on any atom is -0.379 e. The number of pyridine rings is 1. The Morgan fingerprint density at radius 3 is 2.60 bits per heavy atom. The zero-order valence-electron chi connectivity index (χ0n) is 17.5. The van der Waals surface area contributed by atoms with E-state index < -0.39 is 0 Å². The van der Waals surface area contributed by atoms with Gasteiger partial charge < -0.3 is 15.6 Å². The zero-order valence-corrected chi connectivity index (χ0v) is 17.5. The van der Waals surface area contributed by atoms with Crippen LogP contribution in [0.4, 0.5) is 5.69 Å². The van der Waals surface area contributed by atoms with Gasteiger partial charge in [0.2, 0.25) is 0 Å². The van der Waals surface area contributed by atoms with Gasteiger partial charge in [0.05, 0.1) is 29.7 Å². The molecule has 154 valence electrons. The molecule has 8 rings (SSSR count). The number of nitrogens with one attached hydrogen (secondary N) is 3. The Hall–Kier alpha value is -2.37. The van der Waals surface area contributed by atoms with Gasteiger partial charge in [-0.1, -0.05) is 18.2 Å². The number of nitrogens with zero attached hydrogens (tertiary/aromatic N) is 2. The molecule has 0 unspecified atom stereocenters. The van der Waals surface area contributed by atoms with Crippen molar-refractivity contribution in [3.8, 4) is 0 Å². The third kappa shape index (κ3) is 2.33. The number of anilines is 1. The molecule has 3 aliphatic carbocycles. The van der Waals surface area contributed by atoms with Crippen LogP contribution >= 0.6 is 0 Å². The van der Waals surface area contributed by atoms with E-state index in [0.717, 1.165) is 31.1 Å². The summed E-state index contributed by atoms with van der Waals surface area (Å²) >= 11 is 0. The first-order valence-electron chi connectivity index (χ1n) is 11.5. The number of fused-ring (bicyclic) bond motifs is 3. The van der Waals surface area contributed by atoms with E-state index in [1.165, 1.54) is 47.1 Å². The van der Waals surface area contributed by atoms with Crippen molar-refractivity contribution < 1.29 is 0 Å². The highest BCUT2D eigenvalue weighted by atomic mass is 15.3. The van der Waals surface area contributed by atoms with Crippen LogP contribution in [0.1, 0.15) is 49.2 Å². The maximum absolute atomic E-state index is 5.01. The number of hydrogen-bond acceptors (Lipinski definition) is 4. The first kappa shape index (κ1) is 17.3.